The summed E-state index contributed by atoms with van der Waals surface area (Å²) >= 11 is 0. The second kappa shape index (κ2) is 9.14. The normalized spacial score (nSPS) is 30.3. The molecule has 144 valence electrons. The molecule has 26 heavy (non-hydrogen) atoms. The summed E-state index contributed by atoms with van der Waals surface area (Å²) in [4.78, 5) is 24.4. The molecule has 0 bridgehead atoms. The predicted molar refractivity (Wildman–Crippen MR) is 96.0 cm³/mol. The molecule has 1 saturated heterocycles. The Morgan fingerprint density at radius 1 is 1.46 bits per heavy atom. The molecule has 1 fully saturated rings. The van der Waals surface area contributed by atoms with Crippen LogP contribution in [0.3, 0.4) is 0 Å². The van der Waals surface area contributed by atoms with E-state index in [1.54, 1.807) is 19.9 Å². The third-order valence-electron chi connectivity index (χ3n) is 5.24. The molecule has 2 aliphatic rings. The molecule has 0 spiro atoms. The molecule has 4 atom stereocenters. The highest BCUT2D eigenvalue weighted by atomic mass is 16.6. The van der Waals surface area contributed by atoms with Crippen LogP contribution in [0.2, 0.25) is 0 Å². The van der Waals surface area contributed by atoms with Gasteiger partial charge in [-0.2, -0.15) is 0 Å². The highest BCUT2D eigenvalue weighted by Gasteiger charge is 2.46. The lowest BCUT2D eigenvalue weighted by Crippen LogP contribution is -2.36. The van der Waals surface area contributed by atoms with Crippen molar-refractivity contribution in [1.82, 2.24) is 0 Å². The second-order valence-corrected chi connectivity index (χ2v) is 7.00. The Labute approximate surface area is 154 Å². The summed E-state index contributed by atoms with van der Waals surface area (Å²) in [5.41, 5.74) is 1.53. The van der Waals surface area contributed by atoms with Gasteiger partial charge in [0.25, 0.3) is 0 Å². The van der Waals surface area contributed by atoms with Crippen molar-refractivity contribution < 1.29 is 29.3 Å². The Bertz CT molecular complexity index is 618. The molecular formula is C20H28O6. The Balaban J connectivity index is 2.36. The molecule has 6 heteroatoms. The minimum absolute atomic E-state index is 0.0440. The third kappa shape index (κ3) is 4.62. The van der Waals surface area contributed by atoms with Crippen LogP contribution in [0.25, 0.3) is 0 Å². The van der Waals surface area contributed by atoms with E-state index in [4.69, 9.17) is 9.47 Å². The van der Waals surface area contributed by atoms with Gasteiger partial charge in [-0.05, 0) is 44.6 Å². The first kappa shape index (κ1) is 20.4. The van der Waals surface area contributed by atoms with Gasteiger partial charge in [0.15, 0.2) is 0 Å². The molecule has 0 radical (unpaired) electrons. The van der Waals surface area contributed by atoms with Crippen molar-refractivity contribution in [3.05, 3.63) is 35.5 Å². The quantitative estimate of drug-likeness (QED) is 0.451. The van der Waals surface area contributed by atoms with Gasteiger partial charge >= 0.3 is 11.9 Å². The van der Waals surface area contributed by atoms with E-state index in [9.17, 15) is 19.8 Å². The lowest BCUT2D eigenvalue weighted by Gasteiger charge is -2.31. The number of hydrogen-bond donors (Lipinski definition) is 2. The number of aliphatic hydroxyl groups is 2. The number of carbonyl (C=O) groups is 2. The minimum atomic E-state index is -0.614. The Kier molecular flexibility index (Phi) is 7.17. The highest BCUT2D eigenvalue weighted by molar-refractivity contribution is 5.91. The van der Waals surface area contributed by atoms with Crippen LogP contribution in [0.5, 0.6) is 0 Å². The van der Waals surface area contributed by atoms with Crippen molar-refractivity contribution in [2.75, 3.05) is 13.2 Å². The summed E-state index contributed by atoms with van der Waals surface area (Å²) in [7, 11) is 0. The first-order valence-corrected chi connectivity index (χ1v) is 9.04. The Morgan fingerprint density at radius 3 is 2.81 bits per heavy atom. The molecule has 1 aliphatic carbocycles. The van der Waals surface area contributed by atoms with Gasteiger partial charge in [0.2, 0.25) is 0 Å². The fourth-order valence-corrected chi connectivity index (χ4v) is 3.50. The fraction of sp³-hybridized carbons (Fsp3) is 0.600. The van der Waals surface area contributed by atoms with Gasteiger partial charge in [0.1, 0.15) is 12.2 Å². The molecule has 2 rings (SSSR count). The minimum Gasteiger partial charge on any atom is -0.458 e. The van der Waals surface area contributed by atoms with Crippen LogP contribution in [0.15, 0.2) is 35.5 Å². The lowest BCUT2D eigenvalue weighted by molar-refractivity contribution is -0.149. The van der Waals surface area contributed by atoms with E-state index in [0.717, 1.165) is 5.57 Å². The van der Waals surface area contributed by atoms with Crippen LogP contribution in [0, 0.1) is 11.8 Å². The van der Waals surface area contributed by atoms with Crippen LogP contribution in [0.4, 0.5) is 0 Å². The van der Waals surface area contributed by atoms with E-state index in [-0.39, 0.29) is 24.7 Å². The average molecular weight is 364 g/mol. The monoisotopic (exact) mass is 364 g/mol. The zero-order chi connectivity index (χ0) is 19.3. The number of allylic oxidation sites excluding steroid dienone is 2. The first-order valence-electron chi connectivity index (χ1n) is 9.04. The maximum absolute atomic E-state index is 12.3. The van der Waals surface area contributed by atoms with E-state index in [1.165, 1.54) is 0 Å². The topological polar surface area (TPSA) is 93.1 Å². The smallest absolute Gasteiger partial charge is 0.334 e. The van der Waals surface area contributed by atoms with Crippen LogP contribution in [0.1, 0.15) is 39.5 Å². The van der Waals surface area contributed by atoms with Gasteiger partial charge < -0.3 is 19.7 Å². The van der Waals surface area contributed by atoms with E-state index >= 15 is 0 Å². The van der Waals surface area contributed by atoms with Crippen LogP contribution >= 0.6 is 0 Å². The molecule has 2 N–H and O–H groups in total. The summed E-state index contributed by atoms with van der Waals surface area (Å²) in [5.74, 6) is -1.52. The van der Waals surface area contributed by atoms with Gasteiger partial charge in [-0.25, -0.2) is 9.59 Å². The Morgan fingerprint density at radius 2 is 2.19 bits per heavy atom. The zero-order valence-electron chi connectivity index (χ0n) is 15.4. The van der Waals surface area contributed by atoms with Gasteiger partial charge in [0.05, 0.1) is 12.5 Å². The van der Waals surface area contributed by atoms with Crippen molar-refractivity contribution in [3.63, 3.8) is 0 Å². The summed E-state index contributed by atoms with van der Waals surface area (Å²) in [6.07, 6.45) is 4.67. The lowest BCUT2D eigenvalue weighted by atomic mass is 9.81. The molecule has 4 unspecified atom stereocenters. The number of aliphatic hydroxyl groups excluding tert-OH is 2. The molecule has 0 aromatic carbocycles. The molecular weight excluding hydrogens is 336 g/mol. The zero-order valence-corrected chi connectivity index (χ0v) is 15.4. The third-order valence-corrected chi connectivity index (χ3v) is 5.24. The number of fused-ring (bicyclic) bond motifs is 1. The summed E-state index contributed by atoms with van der Waals surface area (Å²) in [6.45, 7) is 7.10. The number of hydrogen-bond acceptors (Lipinski definition) is 6. The molecule has 6 nitrogen and oxygen atoms in total. The molecule has 0 aromatic rings. The van der Waals surface area contributed by atoms with Crippen molar-refractivity contribution in [2.24, 2.45) is 11.8 Å². The predicted octanol–water partition coefficient (Wildman–Crippen LogP) is 2.06. The average Bonchev–Trinajstić information content (AvgIpc) is 2.91. The molecule has 0 aromatic heterocycles. The number of carbonyl (C=O) groups excluding carboxylic acids is 2. The van der Waals surface area contributed by atoms with E-state index in [0.29, 0.717) is 31.3 Å². The maximum atomic E-state index is 12.3. The molecule has 1 aliphatic heterocycles. The summed E-state index contributed by atoms with van der Waals surface area (Å²) < 4.78 is 11.2. The Hall–Kier alpha value is -1.92. The second-order valence-electron chi connectivity index (χ2n) is 7.00. The number of rotatable bonds is 4. The van der Waals surface area contributed by atoms with Crippen LogP contribution in [-0.4, -0.2) is 47.6 Å². The van der Waals surface area contributed by atoms with Crippen LogP contribution < -0.4 is 0 Å². The summed E-state index contributed by atoms with van der Waals surface area (Å²) in [5, 5.41) is 19.3. The van der Waals surface area contributed by atoms with Gasteiger partial charge in [0, 0.05) is 24.2 Å². The molecule has 0 saturated carbocycles. The summed E-state index contributed by atoms with van der Waals surface area (Å²) in [6, 6.07) is 0. The number of esters is 2. The van der Waals surface area contributed by atoms with Crippen LogP contribution in [-0.2, 0) is 19.1 Å². The van der Waals surface area contributed by atoms with Gasteiger partial charge in [-0.3, -0.25) is 0 Å². The highest BCUT2D eigenvalue weighted by Crippen LogP contribution is 2.38. The van der Waals surface area contributed by atoms with Crippen molar-refractivity contribution in [2.45, 2.75) is 51.7 Å². The first-order chi connectivity index (χ1) is 12.4. The van der Waals surface area contributed by atoms with E-state index in [1.807, 2.05) is 6.08 Å². The van der Waals surface area contributed by atoms with Crippen molar-refractivity contribution >= 4 is 11.9 Å². The van der Waals surface area contributed by atoms with Gasteiger partial charge in [-0.15, -0.1) is 0 Å². The SMILES string of the molecule is C=C1C(=O)OC2CC(CO)=CCCC(CO)CC(OC(=O)C(C)=CC)C12. The largest absolute Gasteiger partial charge is 0.458 e. The van der Waals surface area contributed by atoms with E-state index < -0.39 is 30.1 Å². The standard InChI is InChI=1S/C20H28O6/c1-4-12(2)19(23)25-16-8-14(10-21)6-5-7-15(11-22)9-17-18(16)13(3)20(24)26-17/h4,7,14,16-18,21-22H,3,5-6,8-11H2,1-2H3. The van der Waals surface area contributed by atoms with Crippen molar-refractivity contribution in [3.8, 4) is 0 Å². The van der Waals surface area contributed by atoms with Gasteiger partial charge in [-0.1, -0.05) is 18.7 Å². The molecule has 0 amide bonds. The van der Waals surface area contributed by atoms with Crippen molar-refractivity contribution in [1.29, 1.82) is 0 Å². The van der Waals surface area contributed by atoms with E-state index in [2.05, 4.69) is 6.58 Å². The fourth-order valence-electron chi connectivity index (χ4n) is 3.50. The maximum Gasteiger partial charge on any atom is 0.334 e. The molecule has 1 heterocycles. The number of ether oxygens (including phenoxy) is 2.